The molecule has 0 bridgehead atoms. The highest BCUT2D eigenvalue weighted by Gasteiger charge is 2.05. The van der Waals surface area contributed by atoms with E-state index in [-0.39, 0.29) is 12.4 Å². The number of aliphatic hydroxyl groups excluding tert-OH is 1. The Hall–Kier alpha value is -1.71. The van der Waals surface area contributed by atoms with Gasteiger partial charge in [0.2, 0.25) is 0 Å². The maximum atomic E-state index is 13.7. The van der Waals surface area contributed by atoms with Crippen molar-refractivity contribution >= 4 is 0 Å². The SMILES string of the molecule is NCc1ccc(F)c(-c2ccc(CO)cc2)c1. The first-order valence-corrected chi connectivity index (χ1v) is 5.43. The van der Waals surface area contributed by atoms with Crippen LogP contribution >= 0.6 is 0 Å². The Bertz CT molecular complexity index is 508. The molecule has 3 N–H and O–H groups in total. The first kappa shape index (κ1) is 11.8. The van der Waals surface area contributed by atoms with E-state index in [1.54, 1.807) is 36.4 Å². The normalized spacial score (nSPS) is 10.5. The van der Waals surface area contributed by atoms with Crippen LogP contribution in [0, 0.1) is 5.82 Å². The van der Waals surface area contributed by atoms with Crippen LogP contribution in [0.3, 0.4) is 0 Å². The topological polar surface area (TPSA) is 46.2 Å². The van der Waals surface area contributed by atoms with Gasteiger partial charge in [0, 0.05) is 12.1 Å². The van der Waals surface area contributed by atoms with E-state index < -0.39 is 0 Å². The third-order valence-electron chi connectivity index (χ3n) is 2.71. The van der Waals surface area contributed by atoms with E-state index in [1.807, 2.05) is 0 Å². The minimum atomic E-state index is -0.265. The van der Waals surface area contributed by atoms with Crippen LogP contribution in [0.4, 0.5) is 4.39 Å². The summed E-state index contributed by atoms with van der Waals surface area (Å²) in [4.78, 5) is 0. The number of nitrogens with two attached hydrogens (primary N) is 1. The summed E-state index contributed by atoms with van der Waals surface area (Å²) in [7, 11) is 0. The number of hydrogen-bond donors (Lipinski definition) is 2. The monoisotopic (exact) mass is 231 g/mol. The standard InChI is InChI=1S/C14H14FNO/c15-14-6-3-11(8-16)7-13(14)12-4-1-10(9-17)2-5-12/h1-7,17H,8-9,16H2. The summed E-state index contributed by atoms with van der Waals surface area (Å²) in [6.07, 6.45) is 0. The van der Waals surface area contributed by atoms with Gasteiger partial charge >= 0.3 is 0 Å². The van der Waals surface area contributed by atoms with Gasteiger partial charge in [-0.2, -0.15) is 0 Å². The molecule has 0 unspecified atom stereocenters. The molecule has 2 nitrogen and oxygen atoms in total. The quantitative estimate of drug-likeness (QED) is 0.852. The maximum absolute atomic E-state index is 13.7. The van der Waals surface area contributed by atoms with E-state index >= 15 is 0 Å². The lowest BCUT2D eigenvalue weighted by Crippen LogP contribution is -1.97. The van der Waals surface area contributed by atoms with Crippen LogP contribution in [-0.2, 0) is 13.2 Å². The van der Waals surface area contributed by atoms with Crippen LogP contribution in [0.25, 0.3) is 11.1 Å². The van der Waals surface area contributed by atoms with Crippen LogP contribution in [0.1, 0.15) is 11.1 Å². The number of hydrogen-bond acceptors (Lipinski definition) is 2. The predicted molar refractivity (Wildman–Crippen MR) is 65.7 cm³/mol. The smallest absolute Gasteiger partial charge is 0.131 e. The molecule has 0 aliphatic carbocycles. The molecule has 0 saturated heterocycles. The Morgan fingerprint density at radius 3 is 2.24 bits per heavy atom. The minimum absolute atomic E-state index is 0.00833. The van der Waals surface area contributed by atoms with Gasteiger partial charge in [-0.1, -0.05) is 30.3 Å². The third-order valence-corrected chi connectivity index (χ3v) is 2.71. The zero-order valence-corrected chi connectivity index (χ0v) is 9.36. The summed E-state index contributed by atoms with van der Waals surface area (Å²) in [5.41, 5.74) is 8.57. The Morgan fingerprint density at radius 2 is 1.65 bits per heavy atom. The van der Waals surface area contributed by atoms with Crippen LogP contribution in [-0.4, -0.2) is 5.11 Å². The van der Waals surface area contributed by atoms with Crippen LogP contribution in [0.15, 0.2) is 42.5 Å². The molecule has 0 atom stereocenters. The fraction of sp³-hybridized carbons (Fsp3) is 0.143. The van der Waals surface area contributed by atoms with Crippen LogP contribution in [0.2, 0.25) is 0 Å². The van der Waals surface area contributed by atoms with Gasteiger partial charge < -0.3 is 10.8 Å². The molecule has 0 spiro atoms. The van der Waals surface area contributed by atoms with Gasteiger partial charge in [-0.25, -0.2) is 4.39 Å². The molecule has 0 heterocycles. The molecule has 0 aliphatic rings. The molecule has 0 aromatic heterocycles. The fourth-order valence-electron chi connectivity index (χ4n) is 1.71. The second-order valence-corrected chi connectivity index (χ2v) is 3.87. The Balaban J connectivity index is 2.43. The second-order valence-electron chi connectivity index (χ2n) is 3.87. The summed E-state index contributed by atoms with van der Waals surface area (Å²) < 4.78 is 13.7. The Labute approximate surface area is 99.5 Å². The number of halogens is 1. The van der Waals surface area contributed by atoms with Crippen molar-refractivity contribution in [1.29, 1.82) is 0 Å². The molecule has 0 amide bonds. The van der Waals surface area contributed by atoms with Crippen molar-refractivity contribution in [2.24, 2.45) is 5.73 Å². The lowest BCUT2D eigenvalue weighted by Gasteiger charge is -2.06. The zero-order valence-electron chi connectivity index (χ0n) is 9.36. The average Bonchev–Trinajstić information content (AvgIpc) is 2.39. The van der Waals surface area contributed by atoms with E-state index in [4.69, 9.17) is 10.8 Å². The van der Waals surface area contributed by atoms with E-state index in [0.29, 0.717) is 12.1 Å². The highest BCUT2D eigenvalue weighted by Crippen LogP contribution is 2.24. The summed E-state index contributed by atoms with van der Waals surface area (Å²) in [5.74, 6) is -0.265. The molecular formula is C14H14FNO. The highest BCUT2D eigenvalue weighted by atomic mass is 19.1. The summed E-state index contributed by atoms with van der Waals surface area (Å²) in [6, 6.07) is 12.0. The highest BCUT2D eigenvalue weighted by molar-refractivity contribution is 5.65. The van der Waals surface area contributed by atoms with Crippen molar-refractivity contribution < 1.29 is 9.50 Å². The lowest BCUT2D eigenvalue weighted by atomic mass is 10.0. The van der Waals surface area contributed by atoms with Gasteiger partial charge in [-0.05, 0) is 28.8 Å². The molecule has 0 saturated carbocycles. The maximum Gasteiger partial charge on any atom is 0.131 e. The van der Waals surface area contributed by atoms with Crippen LogP contribution in [0.5, 0.6) is 0 Å². The van der Waals surface area contributed by atoms with Gasteiger partial charge in [-0.15, -0.1) is 0 Å². The summed E-state index contributed by atoms with van der Waals surface area (Å²) >= 11 is 0. The lowest BCUT2D eigenvalue weighted by molar-refractivity contribution is 0.282. The molecule has 17 heavy (non-hydrogen) atoms. The van der Waals surface area contributed by atoms with Gasteiger partial charge in [0.15, 0.2) is 0 Å². The molecule has 0 aliphatic heterocycles. The van der Waals surface area contributed by atoms with Gasteiger partial charge in [0.05, 0.1) is 6.61 Å². The zero-order chi connectivity index (χ0) is 12.3. The third kappa shape index (κ3) is 2.52. The van der Waals surface area contributed by atoms with Crippen molar-refractivity contribution in [3.05, 3.63) is 59.4 Å². The van der Waals surface area contributed by atoms with Gasteiger partial charge in [0.1, 0.15) is 5.82 Å². The number of benzene rings is 2. The molecule has 2 rings (SSSR count). The van der Waals surface area contributed by atoms with E-state index in [0.717, 1.165) is 16.7 Å². The van der Waals surface area contributed by atoms with Crippen molar-refractivity contribution in [3.63, 3.8) is 0 Å². The molecule has 88 valence electrons. The summed E-state index contributed by atoms with van der Waals surface area (Å²) in [6.45, 7) is 0.383. The largest absolute Gasteiger partial charge is 0.392 e. The van der Waals surface area contributed by atoms with Crippen molar-refractivity contribution in [2.75, 3.05) is 0 Å². The predicted octanol–water partition coefficient (Wildman–Crippen LogP) is 2.44. The van der Waals surface area contributed by atoms with E-state index in [2.05, 4.69) is 0 Å². The molecule has 0 radical (unpaired) electrons. The average molecular weight is 231 g/mol. The molecule has 2 aromatic carbocycles. The van der Waals surface area contributed by atoms with Gasteiger partial charge in [-0.3, -0.25) is 0 Å². The first-order valence-electron chi connectivity index (χ1n) is 5.43. The molecule has 2 aromatic rings. The molecule has 3 heteroatoms. The van der Waals surface area contributed by atoms with Crippen molar-refractivity contribution in [3.8, 4) is 11.1 Å². The first-order chi connectivity index (χ1) is 8.24. The van der Waals surface area contributed by atoms with Gasteiger partial charge in [0.25, 0.3) is 0 Å². The second kappa shape index (κ2) is 5.08. The Kier molecular flexibility index (Phi) is 3.52. The fourth-order valence-corrected chi connectivity index (χ4v) is 1.71. The van der Waals surface area contributed by atoms with E-state index in [1.165, 1.54) is 6.07 Å². The molecular weight excluding hydrogens is 217 g/mol. The number of rotatable bonds is 3. The molecule has 0 fully saturated rings. The van der Waals surface area contributed by atoms with E-state index in [9.17, 15) is 4.39 Å². The van der Waals surface area contributed by atoms with Crippen molar-refractivity contribution in [2.45, 2.75) is 13.2 Å². The van der Waals surface area contributed by atoms with Crippen molar-refractivity contribution in [1.82, 2.24) is 0 Å². The Morgan fingerprint density at radius 1 is 1.00 bits per heavy atom. The summed E-state index contributed by atoms with van der Waals surface area (Å²) in [5, 5.41) is 8.95. The number of aliphatic hydroxyl groups is 1. The minimum Gasteiger partial charge on any atom is -0.392 e. The van der Waals surface area contributed by atoms with Crippen LogP contribution < -0.4 is 5.73 Å².